The molecule has 0 spiro atoms. The molecule has 15 heavy (non-hydrogen) atoms. The molecule has 5 nitrogen and oxygen atoms in total. The van der Waals surface area contributed by atoms with Crippen molar-refractivity contribution in [2.75, 3.05) is 5.32 Å². The highest BCUT2D eigenvalue weighted by atomic mass is 32.1. The number of hydrogen-bond donors (Lipinski definition) is 1. The van der Waals surface area contributed by atoms with Gasteiger partial charge in [-0.15, -0.1) is 11.3 Å². The third kappa shape index (κ3) is 3.67. The summed E-state index contributed by atoms with van der Waals surface area (Å²) in [7, 11) is 0. The van der Waals surface area contributed by atoms with Crippen molar-refractivity contribution in [3.05, 3.63) is 10.4 Å². The van der Waals surface area contributed by atoms with Gasteiger partial charge in [0.15, 0.2) is 12.1 Å². The standard InChI is InChI=1S/C9H12N2O3S/c1-9(2,3)14-8(13)11-7-6(4-12)15-5-10-7/h4-5H,1-3H3,(H,11,13). The maximum atomic E-state index is 11.3. The zero-order valence-corrected chi connectivity index (χ0v) is 9.55. The molecule has 0 aromatic carbocycles. The third-order valence-electron chi connectivity index (χ3n) is 1.32. The lowest BCUT2D eigenvalue weighted by Crippen LogP contribution is -2.27. The number of thiazole rings is 1. The van der Waals surface area contributed by atoms with Crippen LogP contribution in [0.25, 0.3) is 0 Å². The average molecular weight is 228 g/mol. The molecular weight excluding hydrogens is 216 g/mol. The normalized spacial score (nSPS) is 10.9. The van der Waals surface area contributed by atoms with Crippen LogP contribution in [0.4, 0.5) is 10.6 Å². The van der Waals surface area contributed by atoms with Crippen LogP contribution in [-0.2, 0) is 4.74 Å². The number of carbonyl (C=O) groups is 2. The van der Waals surface area contributed by atoms with Crippen LogP contribution in [0, 0.1) is 0 Å². The van der Waals surface area contributed by atoms with E-state index < -0.39 is 11.7 Å². The Bertz CT molecular complexity index is 368. The Morgan fingerprint density at radius 3 is 2.80 bits per heavy atom. The van der Waals surface area contributed by atoms with Gasteiger partial charge in [-0.2, -0.15) is 0 Å². The van der Waals surface area contributed by atoms with Gasteiger partial charge in [0.25, 0.3) is 0 Å². The van der Waals surface area contributed by atoms with Crippen LogP contribution in [0.1, 0.15) is 30.4 Å². The molecule has 0 aliphatic rings. The summed E-state index contributed by atoms with van der Waals surface area (Å²) < 4.78 is 5.01. The minimum atomic E-state index is -0.614. The number of carbonyl (C=O) groups excluding carboxylic acids is 2. The van der Waals surface area contributed by atoms with Gasteiger partial charge in [-0.1, -0.05) is 0 Å². The van der Waals surface area contributed by atoms with Crippen molar-refractivity contribution in [2.24, 2.45) is 0 Å². The highest BCUT2D eigenvalue weighted by Gasteiger charge is 2.17. The van der Waals surface area contributed by atoms with Crippen LogP contribution in [0.5, 0.6) is 0 Å². The Balaban J connectivity index is 2.63. The number of amides is 1. The van der Waals surface area contributed by atoms with Crippen molar-refractivity contribution in [1.82, 2.24) is 4.98 Å². The second kappa shape index (κ2) is 4.39. The molecule has 0 aliphatic heterocycles. The Morgan fingerprint density at radius 1 is 1.60 bits per heavy atom. The molecule has 0 aliphatic carbocycles. The van der Waals surface area contributed by atoms with Gasteiger partial charge < -0.3 is 4.74 Å². The number of nitrogens with zero attached hydrogens (tertiary/aromatic N) is 1. The summed E-state index contributed by atoms with van der Waals surface area (Å²) in [6.45, 7) is 5.27. The van der Waals surface area contributed by atoms with Crippen LogP contribution in [0.2, 0.25) is 0 Å². The monoisotopic (exact) mass is 228 g/mol. The van der Waals surface area contributed by atoms with Crippen LogP contribution in [0.15, 0.2) is 5.51 Å². The van der Waals surface area contributed by atoms with Crippen molar-refractivity contribution in [2.45, 2.75) is 26.4 Å². The van der Waals surface area contributed by atoms with E-state index in [9.17, 15) is 9.59 Å². The van der Waals surface area contributed by atoms with E-state index in [-0.39, 0.29) is 5.82 Å². The molecule has 1 aromatic rings. The molecule has 0 bridgehead atoms. The number of hydrogen-bond acceptors (Lipinski definition) is 5. The number of nitrogens with one attached hydrogen (secondary N) is 1. The maximum absolute atomic E-state index is 11.3. The Kier molecular flexibility index (Phi) is 3.41. The zero-order chi connectivity index (χ0) is 11.5. The van der Waals surface area contributed by atoms with E-state index in [0.717, 1.165) is 11.3 Å². The minimum absolute atomic E-state index is 0.240. The minimum Gasteiger partial charge on any atom is -0.444 e. The molecule has 0 atom stereocenters. The summed E-state index contributed by atoms with van der Waals surface area (Å²) in [5.41, 5.74) is 0.915. The topological polar surface area (TPSA) is 68.3 Å². The van der Waals surface area contributed by atoms with E-state index in [1.807, 2.05) is 0 Å². The molecule has 0 radical (unpaired) electrons. The van der Waals surface area contributed by atoms with Crippen molar-refractivity contribution >= 4 is 29.5 Å². The lowest BCUT2D eigenvalue weighted by Gasteiger charge is -2.19. The van der Waals surface area contributed by atoms with Gasteiger partial charge in [-0.05, 0) is 20.8 Å². The summed E-state index contributed by atoms with van der Waals surface area (Å²) in [5.74, 6) is 0.240. The molecule has 0 saturated heterocycles. The quantitative estimate of drug-likeness (QED) is 0.788. The first-order valence-corrected chi connectivity index (χ1v) is 5.19. The lowest BCUT2D eigenvalue weighted by molar-refractivity contribution is 0.0635. The summed E-state index contributed by atoms with van der Waals surface area (Å²) in [6, 6.07) is 0. The van der Waals surface area contributed by atoms with Crippen LogP contribution >= 0.6 is 11.3 Å². The summed E-state index contributed by atoms with van der Waals surface area (Å²) in [5, 5.41) is 2.40. The second-order valence-corrected chi connectivity index (χ2v) is 4.70. The SMILES string of the molecule is CC(C)(C)OC(=O)Nc1ncsc1C=O. The van der Waals surface area contributed by atoms with E-state index in [2.05, 4.69) is 10.3 Å². The Labute approximate surface area is 91.5 Å². The number of ether oxygens (including phenoxy) is 1. The molecule has 1 amide bonds. The average Bonchev–Trinajstić information content (AvgIpc) is 2.48. The van der Waals surface area contributed by atoms with Gasteiger partial charge in [0, 0.05) is 0 Å². The number of rotatable bonds is 2. The summed E-state index contributed by atoms with van der Waals surface area (Å²) in [6.07, 6.45) is 0.0289. The highest BCUT2D eigenvalue weighted by molar-refractivity contribution is 7.11. The fourth-order valence-corrected chi connectivity index (χ4v) is 1.38. The van der Waals surface area contributed by atoms with Crippen molar-refractivity contribution in [1.29, 1.82) is 0 Å². The van der Waals surface area contributed by atoms with Gasteiger partial charge >= 0.3 is 6.09 Å². The molecule has 6 heteroatoms. The Hall–Kier alpha value is -1.43. The van der Waals surface area contributed by atoms with Crippen LogP contribution in [0.3, 0.4) is 0 Å². The molecule has 1 aromatic heterocycles. The van der Waals surface area contributed by atoms with Crippen molar-refractivity contribution < 1.29 is 14.3 Å². The van der Waals surface area contributed by atoms with Crippen LogP contribution in [-0.4, -0.2) is 23.0 Å². The molecule has 82 valence electrons. The lowest BCUT2D eigenvalue weighted by atomic mass is 10.2. The molecule has 0 saturated carbocycles. The predicted molar refractivity (Wildman–Crippen MR) is 57.4 cm³/mol. The third-order valence-corrected chi connectivity index (χ3v) is 2.08. The first-order chi connectivity index (χ1) is 6.92. The van der Waals surface area contributed by atoms with E-state index >= 15 is 0 Å². The fraction of sp³-hybridized carbons (Fsp3) is 0.444. The largest absolute Gasteiger partial charge is 0.444 e. The number of aromatic nitrogens is 1. The van der Waals surface area contributed by atoms with E-state index in [1.54, 1.807) is 20.8 Å². The summed E-state index contributed by atoms with van der Waals surface area (Å²) >= 11 is 1.16. The van der Waals surface area contributed by atoms with Crippen molar-refractivity contribution in [3.63, 3.8) is 0 Å². The summed E-state index contributed by atoms with van der Waals surface area (Å²) in [4.78, 5) is 26.1. The smallest absolute Gasteiger partial charge is 0.413 e. The molecule has 1 heterocycles. The van der Waals surface area contributed by atoms with Crippen LogP contribution < -0.4 is 5.32 Å². The molecule has 0 unspecified atom stereocenters. The van der Waals surface area contributed by atoms with E-state index in [4.69, 9.17) is 4.74 Å². The van der Waals surface area contributed by atoms with Gasteiger partial charge in [-0.3, -0.25) is 10.1 Å². The van der Waals surface area contributed by atoms with Gasteiger partial charge in [0.05, 0.1) is 5.51 Å². The highest BCUT2D eigenvalue weighted by Crippen LogP contribution is 2.17. The van der Waals surface area contributed by atoms with Gasteiger partial charge in [-0.25, -0.2) is 9.78 Å². The maximum Gasteiger partial charge on any atom is 0.413 e. The van der Waals surface area contributed by atoms with Crippen molar-refractivity contribution in [3.8, 4) is 0 Å². The second-order valence-electron chi connectivity index (χ2n) is 3.81. The van der Waals surface area contributed by atoms with E-state index in [0.29, 0.717) is 11.2 Å². The first kappa shape index (κ1) is 11.6. The fourth-order valence-electron chi connectivity index (χ4n) is 0.833. The predicted octanol–water partition coefficient (Wildman–Crippen LogP) is 2.30. The number of aldehydes is 1. The van der Waals surface area contributed by atoms with E-state index in [1.165, 1.54) is 5.51 Å². The number of anilines is 1. The first-order valence-electron chi connectivity index (χ1n) is 4.31. The molecule has 0 fully saturated rings. The van der Waals surface area contributed by atoms with Gasteiger partial charge in [0.2, 0.25) is 0 Å². The molecular formula is C9H12N2O3S. The molecule has 1 rings (SSSR count). The Morgan fingerprint density at radius 2 is 2.27 bits per heavy atom. The van der Waals surface area contributed by atoms with Gasteiger partial charge in [0.1, 0.15) is 10.5 Å². The molecule has 1 N–H and O–H groups in total. The zero-order valence-electron chi connectivity index (χ0n) is 8.73.